The molecule has 0 saturated carbocycles. The van der Waals surface area contributed by atoms with Gasteiger partial charge in [-0.25, -0.2) is 0 Å². The summed E-state index contributed by atoms with van der Waals surface area (Å²) in [7, 11) is 0. The standard InChI is InChI=1S/C17H16N4O2/c22-11-16(12-6-2-1-3-7-12)19-17(23)15-10-14(20-21-15)13-8-4-5-9-18-13/h1-10,16,22H,11H2,(H,19,23)(H,20,21)/t16-/m0/s1. The molecule has 6 nitrogen and oxygen atoms in total. The SMILES string of the molecule is O=C(N[C@@H](CO)c1ccccc1)c1cc(-c2ccccn2)n[nH]1. The van der Waals surface area contributed by atoms with Gasteiger partial charge in [0.2, 0.25) is 0 Å². The first-order chi connectivity index (χ1) is 11.3. The number of hydrogen-bond acceptors (Lipinski definition) is 4. The minimum atomic E-state index is -0.467. The highest BCUT2D eigenvalue weighted by Crippen LogP contribution is 2.16. The van der Waals surface area contributed by atoms with Crippen LogP contribution >= 0.6 is 0 Å². The maximum atomic E-state index is 12.3. The van der Waals surface area contributed by atoms with E-state index in [-0.39, 0.29) is 12.5 Å². The second kappa shape index (κ2) is 6.85. The molecule has 2 aromatic heterocycles. The molecule has 3 N–H and O–H groups in total. The van der Waals surface area contributed by atoms with Gasteiger partial charge in [-0.2, -0.15) is 5.10 Å². The lowest BCUT2D eigenvalue weighted by Gasteiger charge is -2.15. The number of aromatic nitrogens is 3. The molecule has 0 radical (unpaired) electrons. The normalized spacial score (nSPS) is 11.9. The van der Waals surface area contributed by atoms with E-state index in [0.29, 0.717) is 17.1 Å². The number of hydrogen-bond donors (Lipinski definition) is 3. The van der Waals surface area contributed by atoms with Crippen LogP contribution in [0.2, 0.25) is 0 Å². The Morgan fingerprint density at radius 1 is 1.13 bits per heavy atom. The topological polar surface area (TPSA) is 90.9 Å². The van der Waals surface area contributed by atoms with Gasteiger partial charge in [0.1, 0.15) is 11.4 Å². The number of aliphatic hydroxyl groups excluding tert-OH is 1. The second-order valence-electron chi connectivity index (χ2n) is 5.00. The van der Waals surface area contributed by atoms with Gasteiger partial charge in [-0.05, 0) is 23.8 Å². The average molecular weight is 308 g/mol. The zero-order chi connectivity index (χ0) is 16.1. The average Bonchev–Trinajstić information content (AvgIpc) is 3.11. The van der Waals surface area contributed by atoms with Crippen molar-refractivity contribution in [3.63, 3.8) is 0 Å². The molecular weight excluding hydrogens is 292 g/mol. The third-order valence-corrected chi connectivity index (χ3v) is 3.44. The van der Waals surface area contributed by atoms with E-state index in [0.717, 1.165) is 5.56 Å². The molecule has 23 heavy (non-hydrogen) atoms. The summed E-state index contributed by atoms with van der Waals surface area (Å²) >= 11 is 0. The van der Waals surface area contributed by atoms with Gasteiger partial charge in [-0.15, -0.1) is 0 Å². The van der Waals surface area contributed by atoms with Crippen LogP contribution < -0.4 is 5.32 Å². The molecule has 0 unspecified atom stereocenters. The van der Waals surface area contributed by atoms with Crippen molar-refractivity contribution in [1.82, 2.24) is 20.5 Å². The number of amides is 1. The molecule has 2 heterocycles. The fraction of sp³-hybridized carbons (Fsp3) is 0.118. The van der Waals surface area contributed by atoms with E-state index in [2.05, 4.69) is 20.5 Å². The maximum Gasteiger partial charge on any atom is 0.269 e. The van der Waals surface area contributed by atoms with E-state index in [1.54, 1.807) is 12.3 Å². The first-order valence-corrected chi connectivity index (χ1v) is 7.21. The molecule has 3 aromatic rings. The Bertz CT molecular complexity index is 772. The van der Waals surface area contributed by atoms with Gasteiger partial charge >= 0.3 is 0 Å². The molecule has 0 aliphatic carbocycles. The van der Waals surface area contributed by atoms with Gasteiger partial charge in [-0.1, -0.05) is 36.4 Å². The van der Waals surface area contributed by atoms with Crippen LogP contribution in [0.4, 0.5) is 0 Å². The zero-order valence-electron chi connectivity index (χ0n) is 12.3. The van der Waals surface area contributed by atoms with Crippen molar-refractivity contribution >= 4 is 5.91 Å². The van der Waals surface area contributed by atoms with Crippen LogP contribution in [0.25, 0.3) is 11.4 Å². The third-order valence-electron chi connectivity index (χ3n) is 3.44. The van der Waals surface area contributed by atoms with Crippen LogP contribution in [0.5, 0.6) is 0 Å². The summed E-state index contributed by atoms with van der Waals surface area (Å²) < 4.78 is 0. The molecule has 1 atom stereocenters. The van der Waals surface area contributed by atoms with Crippen LogP contribution in [-0.4, -0.2) is 32.8 Å². The van der Waals surface area contributed by atoms with Gasteiger partial charge in [0.25, 0.3) is 5.91 Å². The molecule has 0 aliphatic heterocycles. The number of nitrogens with one attached hydrogen (secondary N) is 2. The summed E-state index contributed by atoms with van der Waals surface area (Å²) in [5.41, 5.74) is 2.44. The number of carbonyl (C=O) groups excluding carboxylic acids is 1. The zero-order valence-corrected chi connectivity index (χ0v) is 12.3. The molecule has 0 aliphatic rings. The minimum absolute atomic E-state index is 0.184. The smallest absolute Gasteiger partial charge is 0.269 e. The van der Waals surface area contributed by atoms with Gasteiger partial charge in [0, 0.05) is 6.20 Å². The lowest BCUT2D eigenvalue weighted by molar-refractivity contribution is 0.0911. The molecule has 0 fully saturated rings. The van der Waals surface area contributed by atoms with E-state index in [1.165, 1.54) is 0 Å². The number of nitrogens with zero attached hydrogens (tertiary/aromatic N) is 2. The van der Waals surface area contributed by atoms with E-state index in [1.807, 2.05) is 48.5 Å². The lowest BCUT2D eigenvalue weighted by atomic mass is 10.1. The quantitative estimate of drug-likeness (QED) is 0.672. The van der Waals surface area contributed by atoms with Crippen molar-refractivity contribution in [1.29, 1.82) is 0 Å². The monoisotopic (exact) mass is 308 g/mol. The summed E-state index contributed by atoms with van der Waals surface area (Å²) in [6, 6.07) is 16.0. The van der Waals surface area contributed by atoms with Gasteiger partial charge < -0.3 is 10.4 Å². The molecule has 6 heteroatoms. The largest absolute Gasteiger partial charge is 0.394 e. The number of H-pyrrole nitrogens is 1. The molecule has 0 spiro atoms. The maximum absolute atomic E-state index is 12.3. The number of benzene rings is 1. The number of pyridine rings is 1. The molecule has 116 valence electrons. The highest BCUT2D eigenvalue weighted by Gasteiger charge is 2.17. The minimum Gasteiger partial charge on any atom is -0.394 e. The van der Waals surface area contributed by atoms with Crippen LogP contribution in [-0.2, 0) is 0 Å². The van der Waals surface area contributed by atoms with Crippen molar-refractivity contribution in [2.45, 2.75) is 6.04 Å². The molecule has 0 saturated heterocycles. The fourth-order valence-corrected chi connectivity index (χ4v) is 2.24. The number of aliphatic hydroxyl groups is 1. The van der Waals surface area contributed by atoms with Gasteiger partial charge in [-0.3, -0.25) is 14.9 Å². The van der Waals surface area contributed by atoms with Crippen molar-refractivity contribution in [3.8, 4) is 11.4 Å². The van der Waals surface area contributed by atoms with E-state index < -0.39 is 6.04 Å². The van der Waals surface area contributed by atoms with E-state index >= 15 is 0 Å². The predicted octanol–water partition coefficient (Wildman–Crippen LogP) is 1.94. The van der Waals surface area contributed by atoms with Crippen molar-refractivity contribution in [2.24, 2.45) is 0 Å². The first-order valence-electron chi connectivity index (χ1n) is 7.21. The lowest BCUT2D eigenvalue weighted by Crippen LogP contribution is -2.31. The van der Waals surface area contributed by atoms with E-state index in [9.17, 15) is 9.90 Å². The summed E-state index contributed by atoms with van der Waals surface area (Å²) in [4.78, 5) is 16.5. The summed E-state index contributed by atoms with van der Waals surface area (Å²) in [6.07, 6.45) is 1.67. The first kappa shape index (κ1) is 14.9. The van der Waals surface area contributed by atoms with Crippen LogP contribution in [0.3, 0.4) is 0 Å². The molecule has 1 aromatic carbocycles. The van der Waals surface area contributed by atoms with Crippen LogP contribution in [0.15, 0.2) is 60.8 Å². The van der Waals surface area contributed by atoms with Gasteiger partial charge in [0.05, 0.1) is 18.3 Å². The van der Waals surface area contributed by atoms with Crippen LogP contribution in [0.1, 0.15) is 22.1 Å². The highest BCUT2D eigenvalue weighted by molar-refractivity contribution is 5.93. The molecule has 1 amide bonds. The third kappa shape index (κ3) is 3.44. The van der Waals surface area contributed by atoms with Crippen molar-refractivity contribution in [3.05, 3.63) is 72.1 Å². The summed E-state index contributed by atoms with van der Waals surface area (Å²) in [5, 5.41) is 19.1. The second-order valence-corrected chi connectivity index (χ2v) is 5.00. The Balaban J connectivity index is 1.75. The van der Waals surface area contributed by atoms with Crippen molar-refractivity contribution in [2.75, 3.05) is 6.61 Å². The Hall–Kier alpha value is -2.99. The number of aromatic amines is 1. The number of rotatable bonds is 5. The molecule has 3 rings (SSSR count). The van der Waals surface area contributed by atoms with Crippen LogP contribution in [0, 0.1) is 0 Å². The number of carbonyl (C=O) groups is 1. The molecule has 0 bridgehead atoms. The Morgan fingerprint density at radius 2 is 1.91 bits per heavy atom. The Labute approximate surface area is 133 Å². The van der Waals surface area contributed by atoms with E-state index in [4.69, 9.17) is 0 Å². The Morgan fingerprint density at radius 3 is 2.61 bits per heavy atom. The Kier molecular flexibility index (Phi) is 4.44. The highest BCUT2D eigenvalue weighted by atomic mass is 16.3. The summed E-state index contributed by atoms with van der Waals surface area (Å²) in [5.74, 6) is -0.331. The predicted molar refractivity (Wildman–Crippen MR) is 85.6 cm³/mol. The molecular formula is C17H16N4O2. The van der Waals surface area contributed by atoms with Crippen molar-refractivity contribution < 1.29 is 9.90 Å². The fourth-order valence-electron chi connectivity index (χ4n) is 2.24. The van der Waals surface area contributed by atoms with Gasteiger partial charge in [0.15, 0.2) is 0 Å². The summed E-state index contributed by atoms with van der Waals surface area (Å²) in [6.45, 7) is -0.184.